The minimum atomic E-state index is 0.406. The molecule has 0 saturated heterocycles. The van der Waals surface area contributed by atoms with E-state index in [2.05, 4.69) is 0 Å². The van der Waals surface area contributed by atoms with E-state index in [1.165, 1.54) is 0 Å². The molecule has 0 bridgehead atoms. The third kappa shape index (κ3) is 3.99. The predicted molar refractivity (Wildman–Crippen MR) is 81.6 cm³/mol. The van der Waals surface area contributed by atoms with Gasteiger partial charge in [-0.25, -0.2) is 0 Å². The second-order valence-corrected chi connectivity index (χ2v) is 5.19. The largest absolute Gasteiger partial charge is 0.489 e. The number of ether oxygens (including phenoxy) is 1. The van der Waals surface area contributed by atoms with Gasteiger partial charge in [0.25, 0.3) is 0 Å². The fourth-order valence-electron chi connectivity index (χ4n) is 1.89. The minimum absolute atomic E-state index is 0.406. The van der Waals surface area contributed by atoms with Crippen molar-refractivity contribution < 1.29 is 9.53 Å². The Labute approximate surface area is 128 Å². The van der Waals surface area contributed by atoms with Crippen LogP contribution in [0.25, 0.3) is 0 Å². The molecule has 0 N–H and O–H groups in total. The van der Waals surface area contributed by atoms with Gasteiger partial charge < -0.3 is 9.53 Å². The van der Waals surface area contributed by atoms with Crippen LogP contribution in [0.15, 0.2) is 42.5 Å². The summed E-state index contributed by atoms with van der Waals surface area (Å²) in [5, 5.41) is 1.05. The van der Waals surface area contributed by atoms with Crippen LogP contribution in [-0.4, -0.2) is 6.29 Å². The van der Waals surface area contributed by atoms with Crippen LogP contribution in [0, 0.1) is 0 Å². The second-order valence-electron chi connectivity index (χ2n) is 4.34. The first-order chi connectivity index (χ1) is 9.70. The molecular formula is C16H14Cl2O2. The topological polar surface area (TPSA) is 26.3 Å². The molecule has 0 aliphatic carbocycles. The lowest BCUT2D eigenvalue weighted by Crippen LogP contribution is -2.00. The number of carbonyl (C=O) groups excluding carboxylic acids is 1. The Hall–Kier alpha value is -1.51. The molecule has 0 fully saturated rings. The van der Waals surface area contributed by atoms with E-state index in [1.807, 2.05) is 30.3 Å². The van der Waals surface area contributed by atoms with Crippen LogP contribution < -0.4 is 4.74 Å². The van der Waals surface area contributed by atoms with Crippen molar-refractivity contribution in [1.29, 1.82) is 0 Å². The van der Waals surface area contributed by atoms with E-state index in [1.54, 1.807) is 12.1 Å². The third-order valence-electron chi connectivity index (χ3n) is 2.87. The molecule has 0 spiro atoms. The monoisotopic (exact) mass is 308 g/mol. The van der Waals surface area contributed by atoms with Crippen molar-refractivity contribution in [3.05, 3.63) is 63.6 Å². The summed E-state index contributed by atoms with van der Waals surface area (Å²) in [6.45, 7) is 0.436. The molecule has 20 heavy (non-hydrogen) atoms. The van der Waals surface area contributed by atoms with E-state index in [-0.39, 0.29) is 0 Å². The highest BCUT2D eigenvalue weighted by Gasteiger charge is 2.10. The molecule has 0 aliphatic rings. The molecule has 0 heterocycles. The summed E-state index contributed by atoms with van der Waals surface area (Å²) in [5.41, 5.74) is 1.88. The molecule has 0 radical (unpaired) electrons. The van der Waals surface area contributed by atoms with Gasteiger partial charge in [0.15, 0.2) is 0 Å². The van der Waals surface area contributed by atoms with Gasteiger partial charge in [-0.1, -0.05) is 53.5 Å². The Bertz CT molecular complexity index is 583. The number of aldehydes is 1. The van der Waals surface area contributed by atoms with Crippen LogP contribution >= 0.6 is 23.2 Å². The first-order valence-corrected chi connectivity index (χ1v) is 7.04. The average Bonchev–Trinajstić information content (AvgIpc) is 2.45. The molecule has 2 rings (SSSR count). The normalized spacial score (nSPS) is 10.3. The van der Waals surface area contributed by atoms with E-state index in [0.717, 1.165) is 17.4 Å². The maximum Gasteiger partial charge on any atom is 0.125 e. The Morgan fingerprint density at radius 1 is 1.10 bits per heavy atom. The second kappa shape index (κ2) is 7.32. The standard InChI is InChI=1S/C16H14Cl2O2/c17-13-9-15(18)14(7-4-8-19)16(10-13)20-11-12-5-2-1-3-6-12/h1-3,5-6,8-10H,4,7,11H2. The number of rotatable bonds is 6. The first-order valence-electron chi connectivity index (χ1n) is 6.29. The molecule has 0 aromatic heterocycles. The minimum Gasteiger partial charge on any atom is -0.489 e. The van der Waals surface area contributed by atoms with Crippen molar-refractivity contribution in [3.63, 3.8) is 0 Å². The maximum absolute atomic E-state index is 10.5. The van der Waals surface area contributed by atoms with Crippen LogP contribution in [0.1, 0.15) is 17.5 Å². The molecule has 0 saturated carbocycles. The van der Waals surface area contributed by atoms with Gasteiger partial charge in [-0.05, 0) is 24.1 Å². The van der Waals surface area contributed by atoms with Crippen LogP contribution in [0.4, 0.5) is 0 Å². The molecule has 0 atom stereocenters. The van der Waals surface area contributed by atoms with E-state index < -0.39 is 0 Å². The molecule has 2 aromatic carbocycles. The molecular weight excluding hydrogens is 295 g/mol. The van der Waals surface area contributed by atoms with Crippen LogP contribution in [0.3, 0.4) is 0 Å². The number of halogens is 2. The fourth-order valence-corrected chi connectivity index (χ4v) is 2.46. The van der Waals surface area contributed by atoms with Gasteiger partial charge in [0, 0.05) is 22.0 Å². The van der Waals surface area contributed by atoms with Gasteiger partial charge >= 0.3 is 0 Å². The Morgan fingerprint density at radius 3 is 2.55 bits per heavy atom. The van der Waals surface area contributed by atoms with Gasteiger partial charge in [-0.2, -0.15) is 0 Å². The SMILES string of the molecule is O=CCCc1c(Cl)cc(Cl)cc1OCc1ccccc1. The van der Waals surface area contributed by atoms with Crippen molar-refractivity contribution in [2.45, 2.75) is 19.4 Å². The zero-order chi connectivity index (χ0) is 14.4. The van der Waals surface area contributed by atoms with Crippen molar-refractivity contribution in [2.75, 3.05) is 0 Å². The number of hydrogen-bond donors (Lipinski definition) is 0. The zero-order valence-corrected chi connectivity index (χ0v) is 12.3. The molecule has 4 heteroatoms. The van der Waals surface area contributed by atoms with Gasteiger partial charge in [-0.15, -0.1) is 0 Å². The lowest BCUT2D eigenvalue weighted by Gasteiger charge is -2.13. The Morgan fingerprint density at radius 2 is 1.85 bits per heavy atom. The lowest BCUT2D eigenvalue weighted by molar-refractivity contribution is -0.107. The molecule has 0 unspecified atom stereocenters. The highest BCUT2D eigenvalue weighted by molar-refractivity contribution is 6.35. The summed E-state index contributed by atoms with van der Waals surface area (Å²) in [5.74, 6) is 0.633. The van der Waals surface area contributed by atoms with Gasteiger partial charge in [-0.3, -0.25) is 0 Å². The van der Waals surface area contributed by atoms with Crippen LogP contribution in [0.5, 0.6) is 5.75 Å². The third-order valence-corrected chi connectivity index (χ3v) is 3.42. The smallest absolute Gasteiger partial charge is 0.125 e. The van der Waals surface area contributed by atoms with Gasteiger partial charge in [0.2, 0.25) is 0 Å². The summed E-state index contributed by atoms with van der Waals surface area (Å²) in [7, 11) is 0. The van der Waals surface area contributed by atoms with E-state index >= 15 is 0 Å². The van der Waals surface area contributed by atoms with Crippen molar-refractivity contribution in [2.24, 2.45) is 0 Å². The van der Waals surface area contributed by atoms with Crippen LogP contribution in [-0.2, 0) is 17.8 Å². The van der Waals surface area contributed by atoms with Gasteiger partial charge in [0.05, 0.1) is 0 Å². The maximum atomic E-state index is 10.5. The molecule has 0 amide bonds. The predicted octanol–water partition coefficient (Wildman–Crippen LogP) is 4.70. The average molecular weight is 309 g/mol. The fraction of sp³-hybridized carbons (Fsp3) is 0.188. The van der Waals surface area contributed by atoms with Crippen molar-refractivity contribution >= 4 is 29.5 Å². The van der Waals surface area contributed by atoms with Crippen molar-refractivity contribution in [3.8, 4) is 5.75 Å². The highest BCUT2D eigenvalue weighted by Crippen LogP contribution is 2.32. The molecule has 2 nitrogen and oxygen atoms in total. The highest BCUT2D eigenvalue weighted by atomic mass is 35.5. The van der Waals surface area contributed by atoms with E-state index in [0.29, 0.717) is 35.2 Å². The number of hydrogen-bond acceptors (Lipinski definition) is 2. The molecule has 2 aromatic rings. The quantitative estimate of drug-likeness (QED) is 0.723. The lowest BCUT2D eigenvalue weighted by atomic mass is 10.1. The number of carbonyl (C=O) groups is 1. The molecule has 0 aliphatic heterocycles. The van der Waals surface area contributed by atoms with E-state index in [9.17, 15) is 4.79 Å². The number of benzene rings is 2. The van der Waals surface area contributed by atoms with Crippen LogP contribution in [0.2, 0.25) is 10.0 Å². The summed E-state index contributed by atoms with van der Waals surface area (Å²) in [4.78, 5) is 10.5. The zero-order valence-electron chi connectivity index (χ0n) is 10.8. The van der Waals surface area contributed by atoms with Crippen molar-refractivity contribution in [1.82, 2.24) is 0 Å². The summed E-state index contributed by atoms with van der Waals surface area (Å²) < 4.78 is 5.80. The summed E-state index contributed by atoms with van der Waals surface area (Å²) >= 11 is 12.2. The van der Waals surface area contributed by atoms with Gasteiger partial charge in [0.1, 0.15) is 18.6 Å². The Balaban J connectivity index is 2.18. The summed E-state index contributed by atoms with van der Waals surface area (Å²) in [6, 6.07) is 13.2. The Kier molecular flexibility index (Phi) is 5.45. The first kappa shape index (κ1) is 14.9. The summed E-state index contributed by atoms with van der Waals surface area (Å²) in [6.07, 6.45) is 1.82. The molecule has 104 valence electrons. The van der Waals surface area contributed by atoms with E-state index in [4.69, 9.17) is 27.9 Å².